The molecule has 0 aromatic heterocycles. The quantitative estimate of drug-likeness (QED) is 0.846. The number of nitrogens with one attached hydrogen (secondary N) is 1. The summed E-state index contributed by atoms with van der Waals surface area (Å²) in [7, 11) is -4.59. The first kappa shape index (κ1) is 15.5. The maximum atomic E-state index is 13.6. The van der Waals surface area contributed by atoms with Crippen LogP contribution in [0.4, 0.5) is 24.5 Å². The Morgan fingerprint density at radius 3 is 2.14 bits per heavy atom. The molecular formula is C12H8ClF3N2O2S. The molecule has 0 aliphatic carbocycles. The largest absolute Gasteiger partial charge is 0.399 e. The lowest BCUT2D eigenvalue weighted by Gasteiger charge is -2.11. The maximum Gasteiger partial charge on any atom is 0.267 e. The lowest BCUT2D eigenvalue weighted by Crippen LogP contribution is -2.17. The standard InChI is InChI=1S/C12H8ClF3N2O2S/c13-8-3-6(14)1-2-11(8)18-21(19,20)12-9(15)4-7(17)5-10(12)16/h1-5,18H,17H2. The van der Waals surface area contributed by atoms with Crippen molar-refractivity contribution in [2.45, 2.75) is 4.90 Å². The molecule has 0 unspecified atom stereocenters. The average Bonchev–Trinajstić information content (AvgIpc) is 2.30. The molecule has 2 rings (SSSR count). The number of nitrogen functional groups attached to an aromatic ring is 1. The predicted octanol–water partition coefficient (Wildman–Crippen LogP) is 3.14. The number of halogens is 4. The zero-order chi connectivity index (χ0) is 15.8. The average molecular weight is 337 g/mol. The highest BCUT2D eigenvalue weighted by molar-refractivity contribution is 7.92. The van der Waals surface area contributed by atoms with E-state index in [4.69, 9.17) is 17.3 Å². The van der Waals surface area contributed by atoms with E-state index in [0.717, 1.165) is 18.2 Å². The van der Waals surface area contributed by atoms with Crippen LogP contribution in [0, 0.1) is 17.5 Å². The third-order valence-corrected chi connectivity index (χ3v) is 4.19. The Hall–Kier alpha value is -1.93. The first-order valence-electron chi connectivity index (χ1n) is 5.43. The van der Waals surface area contributed by atoms with Crippen LogP contribution in [-0.4, -0.2) is 8.42 Å². The number of rotatable bonds is 3. The minimum absolute atomic E-state index is 0.214. The topological polar surface area (TPSA) is 72.2 Å². The zero-order valence-corrected chi connectivity index (χ0v) is 11.8. The van der Waals surface area contributed by atoms with Gasteiger partial charge in [0.15, 0.2) is 4.90 Å². The molecule has 0 amide bonds. The van der Waals surface area contributed by atoms with Gasteiger partial charge in [-0.05, 0) is 30.3 Å². The fourth-order valence-corrected chi connectivity index (χ4v) is 3.08. The van der Waals surface area contributed by atoms with Gasteiger partial charge in [0.1, 0.15) is 17.5 Å². The second-order valence-corrected chi connectivity index (χ2v) is 6.07. The molecule has 21 heavy (non-hydrogen) atoms. The molecule has 0 aliphatic rings. The van der Waals surface area contributed by atoms with Gasteiger partial charge in [-0.3, -0.25) is 4.72 Å². The van der Waals surface area contributed by atoms with Crippen molar-refractivity contribution in [3.63, 3.8) is 0 Å². The summed E-state index contributed by atoms with van der Waals surface area (Å²) in [5, 5.41) is -0.255. The second kappa shape index (κ2) is 5.45. The summed E-state index contributed by atoms with van der Waals surface area (Å²) in [4.78, 5) is -1.20. The number of hydrogen-bond donors (Lipinski definition) is 2. The Bertz CT molecular complexity index is 789. The number of benzene rings is 2. The highest BCUT2D eigenvalue weighted by atomic mass is 35.5. The maximum absolute atomic E-state index is 13.6. The molecule has 2 aromatic rings. The highest BCUT2D eigenvalue weighted by Crippen LogP contribution is 2.28. The number of sulfonamides is 1. The van der Waals surface area contributed by atoms with E-state index in [1.54, 1.807) is 0 Å². The smallest absolute Gasteiger partial charge is 0.267 e. The molecule has 0 bridgehead atoms. The number of nitrogens with two attached hydrogens (primary N) is 1. The molecule has 0 heterocycles. The van der Waals surface area contributed by atoms with Crippen LogP contribution < -0.4 is 10.5 Å². The predicted molar refractivity (Wildman–Crippen MR) is 73.0 cm³/mol. The summed E-state index contributed by atoms with van der Waals surface area (Å²) in [6, 6.07) is 4.17. The van der Waals surface area contributed by atoms with Gasteiger partial charge in [0, 0.05) is 5.69 Å². The molecule has 0 saturated carbocycles. The summed E-state index contributed by atoms with van der Waals surface area (Å²) in [6.45, 7) is 0. The normalized spacial score (nSPS) is 11.4. The lowest BCUT2D eigenvalue weighted by molar-refractivity contribution is 0.522. The minimum atomic E-state index is -4.59. The molecule has 0 fully saturated rings. The van der Waals surface area contributed by atoms with Crippen molar-refractivity contribution in [2.75, 3.05) is 10.5 Å². The van der Waals surface area contributed by atoms with Gasteiger partial charge in [0.25, 0.3) is 10.0 Å². The van der Waals surface area contributed by atoms with Gasteiger partial charge in [-0.2, -0.15) is 0 Å². The van der Waals surface area contributed by atoms with Crippen LogP contribution >= 0.6 is 11.6 Å². The van der Waals surface area contributed by atoms with Gasteiger partial charge in [-0.25, -0.2) is 21.6 Å². The van der Waals surface area contributed by atoms with Crippen molar-refractivity contribution in [1.82, 2.24) is 0 Å². The van der Waals surface area contributed by atoms with E-state index in [1.165, 1.54) is 0 Å². The van der Waals surface area contributed by atoms with Gasteiger partial charge in [0.2, 0.25) is 0 Å². The second-order valence-electron chi connectivity index (χ2n) is 4.04. The summed E-state index contributed by atoms with van der Waals surface area (Å²) in [6.07, 6.45) is 0. The third kappa shape index (κ3) is 3.22. The molecule has 0 aliphatic heterocycles. The van der Waals surface area contributed by atoms with E-state index in [9.17, 15) is 21.6 Å². The van der Waals surface area contributed by atoms with Gasteiger partial charge >= 0.3 is 0 Å². The Labute approximate surface area is 123 Å². The summed E-state index contributed by atoms with van der Waals surface area (Å²) in [5.41, 5.74) is 4.73. The van der Waals surface area contributed by atoms with E-state index < -0.39 is 32.4 Å². The summed E-state index contributed by atoms with van der Waals surface area (Å²) >= 11 is 5.65. The minimum Gasteiger partial charge on any atom is -0.399 e. The fourth-order valence-electron chi connectivity index (χ4n) is 1.60. The first-order chi connectivity index (χ1) is 9.70. The van der Waals surface area contributed by atoms with Gasteiger partial charge in [-0.1, -0.05) is 11.6 Å². The molecule has 9 heteroatoms. The molecule has 0 atom stereocenters. The van der Waals surface area contributed by atoms with Crippen molar-refractivity contribution >= 4 is 33.0 Å². The molecule has 0 saturated heterocycles. The van der Waals surface area contributed by atoms with Gasteiger partial charge < -0.3 is 5.73 Å². The van der Waals surface area contributed by atoms with E-state index in [-0.39, 0.29) is 16.4 Å². The van der Waals surface area contributed by atoms with Gasteiger partial charge in [0.05, 0.1) is 10.7 Å². The van der Waals surface area contributed by atoms with E-state index in [1.807, 2.05) is 4.72 Å². The third-order valence-electron chi connectivity index (χ3n) is 2.46. The van der Waals surface area contributed by atoms with Crippen LogP contribution in [0.5, 0.6) is 0 Å². The summed E-state index contributed by atoms with van der Waals surface area (Å²) in [5.74, 6) is -3.38. The first-order valence-corrected chi connectivity index (χ1v) is 7.29. The lowest BCUT2D eigenvalue weighted by atomic mass is 10.3. The monoisotopic (exact) mass is 336 g/mol. The zero-order valence-electron chi connectivity index (χ0n) is 10.2. The molecule has 2 aromatic carbocycles. The van der Waals surface area contributed by atoms with Crippen LogP contribution in [0.3, 0.4) is 0 Å². The summed E-state index contributed by atoms with van der Waals surface area (Å²) < 4.78 is 66.1. The Balaban J connectivity index is 2.48. The van der Waals surface area contributed by atoms with Crippen molar-refractivity contribution in [1.29, 1.82) is 0 Å². The molecule has 0 spiro atoms. The van der Waals surface area contributed by atoms with E-state index >= 15 is 0 Å². The van der Waals surface area contributed by atoms with Crippen LogP contribution in [0.25, 0.3) is 0 Å². The van der Waals surface area contributed by atoms with Crippen molar-refractivity contribution in [2.24, 2.45) is 0 Å². The molecule has 112 valence electrons. The molecule has 3 N–H and O–H groups in total. The molecule has 0 radical (unpaired) electrons. The van der Waals surface area contributed by atoms with Crippen LogP contribution in [0.1, 0.15) is 0 Å². The highest BCUT2D eigenvalue weighted by Gasteiger charge is 2.25. The Morgan fingerprint density at radius 1 is 1.05 bits per heavy atom. The molecule has 4 nitrogen and oxygen atoms in total. The number of hydrogen-bond acceptors (Lipinski definition) is 3. The van der Waals surface area contributed by atoms with Crippen molar-refractivity contribution in [3.05, 3.63) is 52.8 Å². The van der Waals surface area contributed by atoms with Crippen molar-refractivity contribution in [3.8, 4) is 0 Å². The van der Waals surface area contributed by atoms with Crippen LogP contribution in [0.2, 0.25) is 5.02 Å². The molecular weight excluding hydrogens is 329 g/mol. The van der Waals surface area contributed by atoms with Gasteiger partial charge in [-0.15, -0.1) is 0 Å². The van der Waals surface area contributed by atoms with Crippen LogP contribution in [-0.2, 0) is 10.0 Å². The Morgan fingerprint density at radius 2 is 1.62 bits per heavy atom. The SMILES string of the molecule is Nc1cc(F)c(S(=O)(=O)Nc2ccc(F)cc2Cl)c(F)c1. The van der Waals surface area contributed by atoms with E-state index in [0.29, 0.717) is 12.1 Å². The number of anilines is 2. The fraction of sp³-hybridized carbons (Fsp3) is 0. The Kier molecular flexibility index (Phi) is 4.02. The van der Waals surface area contributed by atoms with Crippen molar-refractivity contribution < 1.29 is 21.6 Å². The van der Waals surface area contributed by atoms with Crippen LogP contribution in [0.15, 0.2) is 35.2 Å². The van der Waals surface area contributed by atoms with E-state index in [2.05, 4.69) is 0 Å².